The number of carbonyl (C=O) groups excluding carboxylic acids is 1. The molecule has 0 saturated carbocycles. The first kappa shape index (κ1) is 26.9. The average Bonchev–Trinajstić information content (AvgIpc) is 3.32. The largest absolute Gasteiger partial charge is 0.493 e. The molecule has 194 valence electrons. The summed E-state index contributed by atoms with van der Waals surface area (Å²) in [5, 5.41) is 32.9. The van der Waals surface area contributed by atoms with Gasteiger partial charge in [0.2, 0.25) is 5.91 Å². The van der Waals surface area contributed by atoms with E-state index in [1.807, 2.05) is 73.7 Å². The molecule has 2 aromatic carbocycles. The standard InChI is InChI=1S/C29H30BN3O5/c1-20(25(18-31)26-10-4-5-13-32-26)15-21-7-6-8-23(16-21)37-14-12-29(34)33-28(30(35)36)17-22-19-38-27-11-3-2-9-24(22)27/h2-11,13,16,19-20,25,28,35-36H,12,14-15,17H2,1H3,(H,33,34)/t20?,25?,28-/m0/s1. The molecule has 3 N–H and O–H groups in total. The fourth-order valence-electron chi connectivity index (χ4n) is 4.50. The predicted octanol–water partition coefficient (Wildman–Crippen LogP) is 3.82. The summed E-state index contributed by atoms with van der Waals surface area (Å²) in [6.07, 6.45) is 4.19. The van der Waals surface area contributed by atoms with E-state index in [0.29, 0.717) is 17.8 Å². The Morgan fingerprint density at radius 1 is 1.13 bits per heavy atom. The van der Waals surface area contributed by atoms with Gasteiger partial charge in [-0.3, -0.25) is 9.78 Å². The number of hydrogen-bond acceptors (Lipinski definition) is 7. The van der Waals surface area contributed by atoms with Crippen molar-refractivity contribution in [1.29, 1.82) is 5.26 Å². The smallest absolute Gasteiger partial charge is 0.475 e. The Bertz CT molecular complexity index is 1390. The van der Waals surface area contributed by atoms with E-state index in [2.05, 4.69) is 16.4 Å². The quantitative estimate of drug-likeness (QED) is 0.247. The highest BCUT2D eigenvalue weighted by atomic mass is 16.5. The molecule has 8 nitrogen and oxygen atoms in total. The van der Waals surface area contributed by atoms with Crippen molar-refractivity contribution in [2.24, 2.45) is 5.92 Å². The van der Waals surface area contributed by atoms with Crippen molar-refractivity contribution in [1.82, 2.24) is 10.3 Å². The Morgan fingerprint density at radius 3 is 2.71 bits per heavy atom. The van der Waals surface area contributed by atoms with E-state index in [9.17, 15) is 20.1 Å². The van der Waals surface area contributed by atoms with Gasteiger partial charge in [0.05, 0.1) is 42.9 Å². The lowest BCUT2D eigenvalue weighted by molar-refractivity contribution is -0.122. The second-order valence-corrected chi connectivity index (χ2v) is 9.34. The number of hydrogen-bond donors (Lipinski definition) is 3. The number of benzene rings is 2. The van der Waals surface area contributed by atoms with Gasteiger partial charge in [-0.1, -0.05) is 43.3 Å². The van der Waals surface area contributed by atoms with Gasteiger partial charge in [0.25, 0.3) is 0 Å². The molecule has 2 heterocycles. The van der Waals surface area contributed by atoms with Crippen LogP contribution < -0.4 is 10.1 Å². The number of amides is 1. The molecule has 3 atom stereocenters. The average molecular weight is 511 g/mol. The van der Waals surface area contributed by atoms with Crippen molar-refractivity contribution in [3.63, 3.8) is 0 Å². The summed E-state index contributed by atoms with van der Waals surface area (Å²) in [5.74, 6) is -0.893. The third-order valence-electron chi connectivity index (χ3n) is 6.48. The van der Waals surface area contributed by atoms with Crippen molar-refractivity contribution >= 4 is 24.0 Å². The van der Waals surface area contributed by atoms with Crippen LogP contribution in [0.3, 0.4) is 0 Å². The summed E-state index contributed by atoms with van der Waals surface area (Å²) in [6, 6.07) is 23.0. The van der Waals surface area contributed by atoms with Gasteiger partial charge < -0.3 is 24.5 Å². The third-order valence-corrected chi connectivity index (χ3v) is 6.48. The van der Waals surface area contributed by atoms with Gasteiger partial charge in [0, 0.05) is 11.6 Å². The van der Waals surface area contributed by atoms with Gasteiger partial charge in [-0.2, -0.15) is 5.26 Å². The summed E-state index contributed by atoms with van der Waals surface area (Å²) >= 11 is 0. The SMILES string of the molecule is CC(Cc1cccc(OCCC(=O)N[C@@H](Cc2coc3ccccc23)B(O)O)c1)C(C#N)c1ccccn1. The number of nitrogens with one attached hydrogen (secondary N) is 1. The van der Waals surface area contributed by atoms with Gasteiger partial charge in [0.15, 0.2) is 0 Å². The van der Waals surface area contributed by atoms with E-state index in [1.165, 1.54) is 0 Å². The van der Waals surface area contributed by atoms with Crippen LogP contribution in [0.25, 0.3) is 11.0 Å². The number of ether oxygens (including phenoxy) is 1. The summed E-state index contributed by atoms with van der Waals surface area (Å²) < 4.78 is 11.3. The predicted molar refractivity (Wildman–Crippen MR) is 144 cm³/mol. The molecule has 0 saturated heterocycles. The number of fused-ring (bicyclic) bond motifs is 1. The van der Waals surface area contributed by atoms with E-state index in [-0.39, 0.29) is 37.2 Å². The van der Waals surface area contributed by atoms with Crippen LogP contribution in [0, 0.1) is 17.2 Å². The van der Waals surface area contributed by atoms with Gasteiger partial charge in [-0.05, 0) is 60.2 Å². The van der Waals surface area contributed by atoms with Crippen LogP contribution in [0.5, 0.6) is 5.75 Å². The second-order valence-electron chi connectivity index (χ2n) is 9.34. The Morgan fingerprint density at radius 2 is 1.95 bits per heavy atom. The number of nitriles is 1. The zero-order valence-corrected chi connectivity index (χ0v) is 21.2. The normalized spacial score (nSPS) is 13.3. The molecule has 0 aliphatic rings. The topological polar surface area (TPSA) is 129 Å². The number of rotatable bonds is 12. The summed E-state index contributed by atoms with van der Waals surface area (Å²) in [6.45, 7) is 2.15. The van der Waals surface area contributed by atoms with Crippen LogP contribution in [0.15, 0.2) is 83.6 Å². The molecule has 2 aromatic heterocycles. The van der Waals surface area contributed by atoms with Crippen molar-refractivity contribution in [2.75, 3.05) is 6.61 Å². The van der Waals surface area contributed by atoms with Gasteiger partial charge in [-0.25, -0.2) is 0 Å². The first-order valence-electron chi connectivity index (χ1n) is 12.6. The molecule has 0 radical (unpaired) electrons. The number of para-hydroxylation sites is 1. The lowest BCUT2D eigenvalue weighted by Crippen LogP contribution is -2.48. The molecule has 38 heavy (non-hydrogen) atoms. The molecule has 2 unspecified atom stereocenters. The maximum Gasteiger partial charge on any atom is 0.475 e. The fraction of sp³-hybridized carbons (Fsp3) is 0.276. The van der Waals surface area contributed by atoms with Gasteiger partial charge in [-0.15, -0.1) is 0 Å². The Labute approximate surface area is 222 Å². The molecule has 0 aliphatic carbocycles. The zero-order valence-electron chi connectivity index (χ0n) is 21.2. The number of aromatic nitrogens is 1. The van der Waals surface area contributed by atoms with Crippen LogP contribution in [-0.4, -0.2) is 40.6 Å². The van der Waals surface area contributed by atoms with Crippen LogP contribution in [-0.2, 0) is 17.6 Å². The van der Waals surface area contributed by atoms with Gasteiger partial charge >= 0.3 is 7.12 Å². The lowest BCUT2D eigenvalue weighted by Gasteiger charge is -2.18. The lowest BCUT2D eigenvalue weighted by atomic mass is 9.76. The maximum absolute atomic E-state index is 12.5. The number of furan rings is 1. The third kappa shape index (κ3) is 7.00. The Balaban J connectivity index is 1.28. The number of carbonyl (C=O) groups is 1. The van der Waals surface area contributed by atoms with E-state index in [4.69, 9.17) is 9.15 Å². The van der Waals surface area contributed by atoms with Gasteiger partial charge in [0.1, 0.15) is 11.3 Å². The molecule has 0 spiro atoms. The number of nitrogens with zero attached hydrogens (tertiary/aromatic N) is 2. The van der Waals surface area contributed by atoms with E-state index < -0.39 is 13.1 Å². The molecule has 0 fully saturated rings. The van der Waals surface area contributed by atoms with Crippen LogP contribution in [0.1, 0.15) is 36.1 Å². The van der Waals surface area contributed by atoms with Crippen LogP contribution in [0.4, 0.5) is 0 Å². The molecule has 0 aliphatic heterocycles. The number of pyridine rings is 1. The van der Waals surface area contributed by atoms with E-state index in [1.54, 1.807) is 12.5 Å². The van der Waals surface area contributed by atoms with Crippen molar-refractivity contribution in [2.45, 2.75) is 38.0 Å². The molecule has 1 amide bonds. The van der Waals surface area contributed by atoms with Crippen molar-refractivity contribution in [3.05, 3.63) is 96.0 Å². The highest BCUT2D eigenvalue weighted by Gasteiger charge is 2.27. The van der Waals surface area contributed by atoms with Crippen molar-refractivity contribution < 1.29 is 24.0 Å². The molecular formula is C29H30BN3O5. The molecular weight excluding hydrogens is 481 g/mol. The minimum atomic E-state index is -1.73. The molecule has 4 rings (SSSR count). The Kier molecular flexibility index (Phi) is 9.14. The molecule has 9 heteroatoms. The zero-order chi connectivity index (χ0) is 26.9. The van der Waals surface area contributed by atoms with Crippen LogP contribution >= 0.6 is 0 Å². The summed E-state index contributed by atoms with van der Waals surface area (Å²) in [4.78, 5) is 16.9. The van der Waals surface area contributed by atoms with E-state index in [0.717, 1.165) is 22.2 Å². The first-order valence-corrected chi connectivity index (χ1v) is 12.6. The summed E-state index contributed by atoms with van der Waals surface area (Å²) in [5.41, 5.74) is 3.26. The minimum Gasteiger partial charge on any atom is -0.493 e. The highest BCUT2D eigenvalue weighted by Crippen LogP contribution is 2.27. The Hall–Kier alpha value is -4.13. The van der Waals surface area contributed by atoms with E-state index >= 15 is 0 Å². The highest BCUT2D eigenvalue weighted by molar-refractivity contribution is 6.43. The fourth-order valence-corrected chi connectivity index (χ4v) is 4.50. The molecule has 0 bridgehead atoms. The first-order chi connectivity index (χ1) is 18.4. The maximum atomic E-state index is 12.5. The van der Waals surface area contributed by atoms with Crippen LogP contribution in [0.2, 0.25) is 0 Å². The monoisotopic (exact) mass is 511 g/mol. The second kappa shape index (κ2) is 12.9. The summed E-state index contributed by atoms with van der Waals surface area (Å²) in [7, 11) is -1.73. The molecule has 4 aromatic rings. The minimum absolute atomic E-state index is 0.0464. The van der Waals surface area contributed by atoms with Crippen molar-refractivity contribution in [3.8, 4) is 11.8 Å².